The highest BCUT2D eigenvalue weighted by molar-refractivity contribution is 5.26. The summed E-state index contributed by atoms with van der Waals surface area (Å²) in [6.45, 7) is 8.78. The van der Waals surface area contributed by atoms with Crippen LogP contribution in [0.15, 0.2) is 67.3 Å². The normalized spacial score (nSPS) is 24.5. The lowest BCUT2D eigenvalue weighted by atomic mass is 9.90. The minimum absolute atomic E-state index is 0.0303. The number of allylic oxidation sites excluding steroid dienone is 2. The number of nitrogens with zero attached hydrogens (tertiary/aromatic N) is 1. The lowest BCUT2D eigenvalue weighted by Gasteiger charge is -2.33. The van der Waals surface area contributed by atoms with Crippen LogP contribution in [-0.2, 0) is 6.42 Å². The van der Waals surface area contributed by atoms with Crippen molar-refractivity contribution in [2.24, 2.45) is 5.92 Å². The van der Waals surface area contributed by atoms with E-state index in [4.69, 9.17) is 0 Å². The molecule has 1 aromatic carbocycles. The van der Waals surface area contributed by atoms with E-state index in [-0.39, 0.29) is 5.54 Å². The summed E-state index contributed by atoms with van der Waals surface area (Å²) >= 11 is 0. The number of hydrogen-bond acceptors (Lipinski definition) is 2. The minimum Gasteiger partial charge on any atom is -0.304 e. The van der Waals surface area contributed by atoms with Crippen LogP contribution in [0.3, 0.4) is 0 Å². The van der Waals surface area contributed by atoms with E-state index in [1.165, 1.54) is 50.9 Å². The molecule has 1 N–H and O–H groups in total. The third-order valence-electron chi connectivity index (χ3n) is 5.64. The van der Waals surface area contributed by atoms with Crippen molar-refractivity contribution >= 4 is 0 Å². The molecule has 1 aliphatic heterocycles. The molecule has 0 radical (unpaired) electrons. The maximum absolute atomic E-state index is 4.01. The highest BCUT2D eigenvalue weighted by atomic mass is 15.1. The summed E-state index contributed by atoms with van der Waals surface area (Å²) in [6, 6.07) is 11.0. The lowest BCUT2D eigenvalue weighted by Crippen LogP contribution is -2.43. The third-order valence-corrected chi connectivity index (χ3v) is 5.64. The van der Waals surface area contributed by atoms with Crippen LogP contribution in [0.25, 0.3) is 0 Å². The van der Waals surface area contributed by atoms with Crippen LogP contribution in [0.5, 0.6) is 0 Å². The van der Waals surface area contributed by atoms with Crippen LogP contribution in [0, 0.1) is 5.92 Å². The van der Waals surface area contributed by atoms with Gasteiger partial charge in [0.25, 0.3) is 0 Å². The molecule has 3 rings (SSSR count). The number of piperidine rings is 1. The average Bonchev–Trinajstić information content (AvgIpc) is 2.68. The summed E-state index contributed by atoms with van der Waals surface area (Å²) in [7, 11) is 0. The van der Waals surface area contributed by atoms with Gasteiger partial charge < -0.3 is 10.2 Å². The molecule has 1 atom stereocenters. The van der Waals surface area contributed by atoms with Crippen molar-refractivity contribution in [3.8, 4) is 0 Å². The van der Waals surface area contributed by atoms with Gasteiger partial charge in [0, 0.05) is 0 Å². The summed E-state index contributed by atoms with van der Waals surface area (Å²) in [5, 5.41) is 3.68. The first kappa shape index (κ1) is 18.2. The fourth-order valence-corrected chi connectivity index (χ4v) is 3.98. The van der Waals surface area contributed by atoms with Gasteiger partial charge >= 0.3 is 0 Å². The van der Waals surface area contributed by atoms with Crippen molar-refractivity contribution in [1.82, 2.24) is 10.2 Å². The predicted octanol–water partition coefficient (Wildman–Crippen LogP) is 4.36. The minimum atomic E-state index is -0.0303. The quantitative estimate of drug-likeness (QED) is 0.560. The molecule has 0 spiro atoms. The van der Waals surface area contributed by atoms with Gasteiger partial charge in [0.2, 0.25) is 0 Å². The Labute approximate surface area is 153 Å². The summed E-state index contributed by atoms with van der Waals surface area (Å²) < 4.78 is 0. The van der Waals surface area contributed by atoms with E-state index in [0.717, 1.165) is 18.9 Å². The number of benzene rings is 1. The van der Waals surface area contributed by atoms with Gasteiger partial charge in [0.15, 0.2) is 0 Å². The Bertz CT molecular complexity index is 581. The Balaban J connectivity index is 1.32. The summed E-state index contributed by atoms with van der Waals surface area (Å²) in [5.41, 5.74) is 1.46. The standard InChI is InChI=1S/C23H32N2/c1-2-23(14-7-4-8-15-23)24-16-9-17-25-18-12-22(13-19-25)20-21-10-5-3-6-11-21/h2-8,10-11,14,22,24H,1,9,12-13,15-20H2. The molecule has 0 bridgehead atoms. The second-order valence-electron chi connectivity index (χ2n) is 7.49. The van der Waals surface area contributed by atoms with Gasteiger partial charge in [-0.05, 0) is 69.8 Å². The summed E-state index contributed by atoms with van der Waals surface area (Å²) in [5.74, 6) is 0.861. The van der Waals surface area contributed by atoms with E-state index in [9.17, 15) is 0 Å². The Hall–Kier alpha value is -1.64. The fraction of sp³-hybridized carbons (Fsp3) is 0.478. The highest BCUT2D eigenvalue weighted by Crippen LogP contribution is 2.22. The zero-order valence-electron chi connectivity index (χ0n) is 15.4. The number of nitrogens with one attached hydrogen (secondary N) is 1. The highest BCUT2D eigenvalue weighted by Gasteiger charge is 2.22. The zero-order chi connectivity index (χ0) is 17.4. The molecule has 1 aromatic rings. The second kappa shape index (κ2) is 9.17. The van der Waals surface area contributed by atoms with Gasteiger partial charge in [0.1, 0.15) is 0 Å². The first-order chi connectivity index (χ1) is 12.3. The fourth-order valence-electron chi connectivity index (χ4n) is 3.98. The molecule has 0 saturated carbocycles. The van der Waals surface area contributed by atoms with Crippen molar-refractivity contribution in [2.75, 3.05) is 26.2 Å². The largest absolute Gasteiger partial charge is 0.304 e. The molecule has 0 aromatic heterocycles. The molecule has 2 heteroatoms. The van der Waals surface area contributed by atoms with Crippen molar-refractivity contribution in [3.05, 3.63) is 72.9 Å². The van der Waals surface area contributed by atoms with Crippen molar-refractivity contribution in [3.63, 3.8) is 0 Å². The Kier molecular flexibility index (Phi) is 6.66. The van der Waals surface area contributed by atoms with Crippen LogP contribution < -0.4 is 5.32 Å². The molecular formula is C23H32N2. The second-order valence-corrected chi connectivity index (χ2v) is 7.49. The molecule has 134 valence electrons. The molecule has 1 saturated heterocycles. The van der Waals surface area contributed by atoms with Gasteiger partial charge in [-0.3, -0.25) is 0 Å². The molecule has 1 aliphatic carbocycles. The van der Waals surface area contributed by atoms with E-state index in [1.807, 2.05) is 6.08 Å². The predicted molar refractivity (Wildman–Crippen MR) is 108 cm³/mol. The van der Waals surface area contributed by atoms with Crippen LogP contribution in [0.4, 0.5) is 0 Å². The number of rotatable bonds is 8. The van der Waals surface area contributed by atoms with Crippen molar-refractivity contribution < 1.29 is 0 Å². The molecule has 2 nitrogen and oxygen atoms in total. The van der Waals surface area contributed by atoms with Crippen LogP contribution in [0.1, 0.15) is 31.2 Å². The SMILES string of the molecule is C=CC1(NCCCN2CCC(Cc3ccccc3)CC2)C=CC=CC1. The van der Waals surface area contributed by atoms with E-state index >= 15 is 0 Å². The number of likely N-dealkylation sites (tertiary alicyclic amines) is 1. The zero-order valence-corrected chi connectivity index (χ0v) is 15.4. The molecule has 2 aliphatic rings. The summed E-state index contributed by atoms with van der Waals surface area (Å²) in [6.07, 6.45) is 16.9. The van der Waals surface area contributed by atoms with Gasteiger partial charge in [-0.1, -0.05) is 60.7 Å². The molecule has 0 amide bonds. The van der Waals surface area contributed by atoms with Crippen molar-refractivity contribution in [1.29, 1.82) is 0 Å². The van der Waals surface area contributed by atoms with Crippen molar-refractivity contribution in [2.45, 2.75) is 37.6 Å². The Morgan fingerprint density at radius 2 is 1.96 bits per heavy atom. The Morgan fingerprint density at radius 3 is 2.64 bits per heavy atom. The maximum Gasteiger partial charge on any atom is 0.0585 e. The first-order valence-electron chi connectivity index (χ1n) is 9.79. The monoisotopic (exact) mass is 336 g/mol. The molecular weight excluding hydrogens is 304 g/mol. The lowest BCUT2D eigenvalue weighted by molar-refractivity contribution is 0.181. The molecule has 25 heavy (non-hydrogen) atoms. The average molecular weight is 337 g/mol. The van der Waals surface area contributed by atoms with Gasteiger partial charge in [-0.25, -0.2) is 0 Å². The number of hydrogen-bond donors (Lipinski definition) is 1. The van der Waals surface area contributed by atoms with E-state index in [1.54, 1.807) is 0 Å². The van der Waals surface area contributed by atoms with E-state index in [2.05, 4.69) is 71.4 Å². The van der Waals surface area contributed by atoms with Crippen LogP contribution in [-0.4, -0.2) is 36.6 Å². The van der Waals surface area contributed by atoms with Gasteiger partial charge in [-0.2, -0.15) is 0 Å². The van der Waals surface area contributed by atoms with Gasteiger partial charge in [-0.15, -0.1) is 6.58 Å². The smallest absolute Gasteiger partial charge is 0.0585 e. The van der Waals surface area contributed by atoms with E-state index in [0.29, 0.717) is 0 Å². The summed E-state index contributed by atoms with van der Waals surface area (Å²) in [4.78, 5) is 2.64. The first-order valence-corrected chi connectivity index (χ1v) is 9.79. The third kappa shape index (κ3) is 5.42. The van der Waals surface area contributed by atoms with Gasteiger partial charge in [0.05, 0.1) is 5.54 Å². The molecule has 1 unspecified atom stereocenters. The molecule has 1 fully saturated rings. The van der Waals surface area contributed by atoms with E-state index < -0.39 is 0 Å². The van der Waals surface area contributed by atoms with Crippen LogP contribution in [0.2, 0.25) is 0 Å². The maximum atomic E-state index is 4.01. The van der Waals surface area contributed by atoms with Crippen LogP contribution >= 0.6 is 0 Å². The topological polar surface area (TPSA) is 15.3 Å². The molecule has 1 heterocycles. The Morgan fingerprint density at radius 1 is 1.16 bits per heavy atom.